The third-order valence-corrected chi connectivity index (χ3v) is 9.09. The highest BCUT2D eigenvalue weighted by atomic mass is 32.2. The molecule has 0 aromatic carbocycles. The van der Waals surface area contributed by atoms with Crippen molar-refractivity contribution in [1.82, 2.24) is 10.2 Å². The Kier molecular flexibility index (Phi) is 6.53. The summed E-state index contributed by atoms with van der Waals surface area (Å²) in [6, 6.07) is 4.35. The number of ketones is 1. The Morgan fingerprint density at radius 2 is 2.10 bits per heavy atom. The molecule has 1 aliphatic carbocycles. The Bertz CT molecular complexity index is 1080. The fourth-order valence-electron chi connectivity index (χ4n) is 3.86. The molecule has 0 radical (unpaired) electrons. The van der Waals surface area contributed by atoms with E-state index in [4.69, 9.17) is 5.73 Å². The van der Waals surface area contributed by atoms with E-state index in [0.717, 1.165) is 44.2 Å². The molecule has 2 aromatic rings. The van der Waals surface area contributed by atoms with Crippen molar-refractivity contribution in [2.45, 2.75) is 47.6 Å². The molecule has 2 aromatic heterocycles. The van der Waals surface area contributed by atoms with Gasteiger partial charge in [-0.15, -0.1) is 33.3 Å². The van der Waals surface area contributed by atoms with Crippen LogP contribution in [0.5, 0.6) is 0 Å². The highest BCUT2D eigenvalue weighted by molar-refractivity contribution is 8.01. The molecule has 0 bridgehead atoms. The molecule has 1 atom stereocenters. The van der Waals surface area contributed by atoms with E-state index in [9.17, 15) is 10.1 Å². The van der Waals surface area contributed by atoms with Gasteiger partial charge in [0.05, 0.1) is 21.8 Å². The number of thioether (sulfide) groups is 2. The molecular weight excluding hydrogens is 455 g/mol. The molecule has 0 fully saturated rings. The number of carbonyl (C=O) groups excluding carboxylic acids is 1. The van der Waals surface area contributed by atoms with Gasteiger partial charge >= 0.3 is 0 Å². The zero-order valence-electron chi connectivity index (χ0n) is 16.7. The summed E-state index contributed by atoms with van der Waals surface area (Å²) in [6.07, 6.45) is 1.99. The second-order valence-electron chi connectivity index (χ2n) is 6.70. The zero-order valence-corrected chi connectivity index (χ0v) is 19.9. The number of nitrogens with zero attached hydrogens (tertiary/aromatic N) is 4. The SMILES string of the molecule is CCSc1nnc(N2C(N)=C(C#N)C(c3ccsc3SCC)C3=C2CCCC3=O)s1. The summed E-state index contributed by atoms with van der Waals surface area (Å²) in [5.74, 6) is 1.87. The van der Waals surface area contributed by atoms with E-state index in [1.54, 1.807) is 39.8 Å². The largest absolute Gasteiger partial charge is 0.384 e. The van der Waals surface area contributed by atoms with E-state index in [2.05, 4.69) is 30.1 Å². The molecular formula is C20H21N5OS4. The van der Waals surface area contributed by atoms with Crippen LogP contribution >= 0.6 is 46.2 Å². The van der Waals surface area contributed by atoms with Gasteiger partial charge in [0.2, 0.25) is 5.13 Å². The third kappa shape index (κ3) is 3.68. The summed E-state index contributed by atoms with van der Waals surface area (Å²) in [4.78, 5) is 15.0. The summed E-state index contributed by atoms with van der Waals surface area (Å²) in [6.45, 7) is 4.16. The number of hydrogen-bond donors (Lipinski definition) is 1. The summed E-state index contributed by atoms with van der Waals surface area (Å²) in [5, 5.41) is 21.3. The van der Waals surface area contributed by atoms with Crippen molar-refractivity contribution >= 4 is 57.1 Å². The van der Waals surface area contributed by atoms with Crippen molar-refractivity contribution in [3.63, 3.8) is 0 Å². The Labute approximate surface area is 192 Å². The maximum Gasteiger partial charge on any atom is 0.219 e. The first-order chi connectivity index (χ1) is 14.6. The number of carbonyl (C=O) groups is 1. The van der Waals surface area contributed by atoms with E-state index in [1.165, 1.54) is 11.3 Å². The molecule has 0 saturated heterocycles. The van der Waals surface area contributed by atoms with Crippen LogP contribution in [0.2, 0.25) is 0 Å². The molecule has 0 spiro atoms. The minimum atomic E-state index is -0.410. The van der Waals surface area contributed by atoms with Gasteiger partial charge in [0.1, 0.15) is 5.82 Å². The van der Waals surface area contributed by atoms with Crippen LogP contribution in [0.25, 0.3) is 0 Å². The molecule has 30 heavy (non-hydrogen) atoms. The Hall–Kier alpha value is -1.80. The number of Topliss-reactive ketones (excluding diaryl/α,β-unsaturated/α-hetero) is 1. The summed E-state index contributed by atoms with van der Waals surface area (Å²) in [5.41, 5.74) is 9.58. The van der Waals surface area contributed by atoms with Crippen LogP contribution < -0.4 is 10.6 Å². The minimum Gasteiger partial charge on any atom is -0.384 e. The topological polar surface area (TPSA) is 95.9 Å². The van der Waals surface area contributed by atoms with Crippen LogP contribution in [0.3, 0.4) is 0 Å². The first-order valence-corrected chi connectivity index (χ1v) is 13.4. The zero-order chi connectivity index (χ0) is 21.3. The normalized spacial score (nSPS) is 19.3. The van der Waals surface area contributed by atoms with Gasteiger partial charge in [-0.3, -0.25) is 9.69 Å². The van der Waals surface area contributed by atoms with Gasteiger partial charge in [-0.2, -0.15) is 5.26 Å². The molecule has 1 unspecified atom stereocenters. The summed E-state index contributed by atoms with van der Waals surface area (Å²) >= 11 is 6.44. The first kappa shape index (κ1) is 21.4. The lowest BCUT2D eigenvalue weighted by molar-refractivity contribution is -0.116. The molecule has 6 nitrogen and oxygen atoms in total. The second-order valence-corrected chi connectivity index (χ2v) is 11.6. The number of allylic oxidation sites excluding steroid dienone is 3. The molecule has 10 heteroatoms. The Morgan fingerprint density at radius 3 is 2.83 bits per heavy atom. The molecule has 2 aliphatic rings. The molecule has 2 N–H and O–H groups in total. The molecule has 1 aliphatic heterocycles. The van der Waals surface area contributed by atoms with Crippen LogP contribution in [-0.2, 0) is 4.79 Å². The Balaban J connectivity index is 1.90. The fraction of sp³-hybridized carbons (Fsp3) is 0.400. The molecule has 3 heterocycles. The van der Waals surface area contributed by atoms with E-state index < -0.39 is 5.92 Å². The van der Waals surface area contributed by atoms with Crippen LogP contribution in [0.15, 0.2) is 42.7 Å². The van der Waals surface area contributed by atoms with Crippen LogP contribution in [-0.4, -0.2) is 27.5 Å². The van der Waals surface area contributed by atoms with Crippen LogP contribution in [0, 0.1) is 11.3 Å². The smallest absolute Gasteiger partial charge is 0.219 e. The van der Waals surface area contributed by atoms with Gasteiger partial charge in [0.25, 0.3) is 0 Å². The van der Waals surface area contributed by atoms with Crippen molar-refractivity contribution < 1.29 is 4.79 Å². The highest BCUT2D eigenvalue weighted by Crippen LogP contribution is 2.49. The number of hydrogen-bond acceptors (Lipinski definition) is 10. The van der Waals surface area contributed by atoms with Crippen molar-refractivity contribution in [2.75, 3.05) is 16.4 Å². The maximum absolute atomic E-state index is 13.2. The van der Waals surface area contributed by atoms with Gasteiger partial charge in [0.15, 0.2) is 10.1 Å². The lowest BCUT2D eigenvalue weighted by Crippen LogP contribution is -2.38. The van der Waals surface area contributed by atoms with Crippen molar-refractivity contribution in [2.24, 2.45) is 5.73 Å². The minimum absolute atomic E-state index is 0.0952. The number of nitriles is 1. The number of rotatable bonds is 6. The second kappa shape index (κ2) is 9.14. The third-order valence-electron chi connectivity index (χ3n) is 5.01. The van der Waals surface area contributed by atoms with Gasteiger partial charge < -0.3 is 5.73 Å². The highest BCUT2D eigenvalue weighted by Gasteiger charge is 2.42. The van der Waals surface area contributed by atoms with E-state index in [1.807, 2.05) is 11.4 Å². The monoisotopic (exact) mass is 475 g/mol. The lowest BCUT2D eigenvalue weighted by atomic mass is 9.76. The molecule has 156 valence electrons. The molecule has 4 rings (SSSR count). The van der Waals surface area contributed by atoms with E-state index >= 15 is 0 Å². The van der Waals surface area contributed by atoms with Gasteiger partial charge in [0, 0.05) is 17.7 Å². The maximum atomic E-state index is 13.2. The Morgan fingerprint density at radius 1 is 1.30 bits per heavy atom. The van der Waals surface area contributed by atoms with Crippen molar-refractivity contribution in [3.05, 3.63) is 39.7 Å². The fourth-order valence-corrected chi connectivity index (χ4v) is 7.70. The first-order valence-electron chi connectivity index (χ1n) is 9.73. The lowest BCUT2D eigenvalue weighted by Gasteiger charge is -2.38. The van der Waals surface area contributed by atoms with Gasteiger partial charge in [-0.25, -0.2) is 0 Å². The number of thiophene rings is 1. The van der Waals surface area contributed by atoms with Crippen molar-refractivity contribution in [3.8, 4) is 6.07 Å². The standard InChI is InChI=1S/C20H21N5OS4/c1-3-27-18-11(8-9-29-18)15-12(10-21)17(22)25(13-6-5-7-14(26)16(13)15)19-23-24-20(30-19)28-4-2/h8-9,15H,3-7,22H2,1-2H3. The number of anilines is 1. The summed E-state index contributed by atoms with van der Waals surface area (Å²) < 4.78 is 1.99. The predicted molar refractivity (Wildman–Crippen MR) is 125 cm³/mol. The van der Waals surface area contributed by atoms with Crippen molar-refractivity contribution in [1.29, 1.82) is 5.26 Å². The number of aromatic nitrogens is 2. The average molecular weight is 476 g/mol. The average Bonchev–Trinajstić information content (AvgIpc) is 3.37. The number of nitrogens with two attached hydrogens (primary N) is 1. The van der Waals surface area contributed by atoms with E-state index in [0.29, 0.717) is 28.5 Å². The van der Waals surface area contributed by atoms with Crippen LogP contribution in [0.1, 0.15) is 44.6 Å². The van der Waals surface area contributed by atoms with Gasteiger partial charge in [-0.05, 0) is 41.4 Å². The quantitative estimate of drug-likeness (QED) is 0.575. The van der Waals surface area contributed by atoms with Gasteiger partial charge in [-0.1, -0.05) is 36.9 Å². The molecule has 0 saturated carbocycles. The van der Waals surface area contributed by atoms with Crippen LogP contribution in [0.4, 0.5) is 5.13 Å². The molecule has 0 amide bonds. The van der Waals surface area contributed by atoms with E-state index in [-0.39, 0.29) is 5.78 Å². The summed E-state index contributed by atoms with van der Waals surface area (Å²) in [7, 11) is 0. The predicted octanol–water partition coefficient (Wildman–Crippen LogP) is 5.13.